The summed E-state index contributed by atoms with van der Waals surface area (Å²) in [6.45, 7) is 6.26. The van der Waals surface area contributed by atoms with Gasteiger partial charge in [0, 0.05) is 24.8 Å². The first-order valence-electron chi connectivity index (χ1n) is 7.23. The Bertz CT molecular complexity index is 512. The third-order valence-corrected chi connectivity index (χ3v) is 3.47. The van der Waals surface area contributed by atoms with Crippen LogP contribution in [0.4, 0.5) is 5.69 Å². The monoisotopic (exact) mass is 291 g/mol. The number of benzene rings is 1. The van der Waals surface area contributed by atoms with Crippen molar-refractivity contribution in [1.82, 2.24) is 5.32 Å². The normalized spacial score (nSPS) is 12.1. The molecule has 0 heterocycles. The Balaban J connectivity index is 2.92. The molecule has 21 heavy (non-hydrogen) atoms. The molecule has 1 atom stereocenters. The van der Waals surface area contributed by atoms with E-state index in [1.807, 2.05) is 6.92 Å². The van der Waals surface area contributed by atoms with Gasteiger partial charge in [-0.2, -0.15) is 0 Å². The van der Waals surface area contributed by atoms with Crippen molar-refractivity contribution < 1.29 is 9.59 Å². The second-order valence-corrected chi connectivity index (χ2v) is 5.61. The summed E-state index contributed by atoms with van der Waals surface area (Å²) < 4.78 is 0. The summed E-state index contributed by atoms with van der Waals surface area (Å²) in [7, 11) is 1.58. The molecule has 5 heteroatoms. The number of hydrogen-bond donors (Lipinski definition) is 3. The van der Waals surface area contributed by atoms with Crippen LogP contribution in [0.25, 0.3) is 0 Å². The maximum absolute atomic E-state index is 12.3. The first-order chi connectivity index (χ1) is 9.90. The minimum Gasteiger partial charge on any atom is -0.355 e. The molecular formula is C16H25N3O2. The smallest absolute Gasteiger partial charge is 0.251 e. The number of hydrogen-bond acceptors (Lipinski definition) is 3. The largest absolute Gasteiger partial charge is 0.355 e. The average molecular weight is 291 g/mol. The number of carbonyl (C=O) groups is 2. The predicted octanol–water partition coefficient (Wildman–Crippen LogP) is 1.91. The maximum atomic E-state index is 12.3. The molecule has 1 unspecified atom stereocenters. The van der Waals surface area contributed by atoms with Crippen LogP contribution in [0, 0.1) is 18.8 Å². The van der Waals surface area contributed by atoms with Crippen LogP contribution in [-0.2, 0) is 4.79 Å². The van der Waals surface area contributed by atoms with E-state index in [-0.39, 0.29) is 17.7 Å². The van der Waals surface area contributed by atoms with E-state index in [4.69, 9.17) is 5.73 Å². The third-order valence-electron chi connectivity index (χ3n) is 3.47. The van der Waals surface area contributed by atoms with Crippen molar-refractivity contribution in [2.45, 2.75) is 27.2 Å². The van der Waals surface area contributed by atoms with E-state index in [9.17, 15) is 9.59 Å². The van der Waals surface area contributed by atoms with Gasteiger partial charge in [0.2, 0.25) is 5.91 Å². The zero-order valence-electron chi connectivity index (χ0n) is 13.2. The number of anilines is 1. The van der Waals surface area contributed by atoms with Crippen LogP contribution < -0.4 is 16.4 Å². The highest BCUT2D eigenvalue weighted by atomic mass is 16.2. The second-order valence-electron chi connectivity index (χ2n) is 5.61. The fraction of sp³-hybridized carbons (Fsp3) is 0.500. The lowest BCUT2D eigenvalue weighted by Crippen LogP contribution is -2.31. The highest BCUT2D eigenvalue weighted by Gasteiger charge is 2.19. The Labute approximate surface area is 126 Å². The van der Waals surface area contributed by atoms with Crippen LogP contribution in [0.3, 0.4) is 0 Å². The lowest BCUT2D eigenvalue weighted by Gasteiger charge is -2.18. The summed E-state index contributed by atoms with van der Waals surface area (Å²) in [5.74, 6) is -0.0693. The lowest BCUT2D eigenvalue weighted by atomic mass is 9.96. The summed E-state index contributed by atoms with van der Waals surface area (Å²) in [6.07, 6.45) is 0.747. The molecule has 1 aromatic rings. The highest BCUT2D eigenvalue weighted by Crippen LogP contribution is 2.21. The van der Waals surface area contributed by atoms with Gasteiger partial charge < -0.3 is 16.4 Å². The quantitative estimate of drug-likeness (QED) is 0.748. The number of nitrogens with two attached hydrogens (primary N) is 1. The Morgan fingerprint density at radius 1 is 1.29 bits per heavy atom. The molecule has 0 bridgehead atoms. The van der Waals surface area contributed by atoms with Crippen molar-refractivity contribution in [3.05, 3.63) is 29.3 Å². The standard InChI is InChI=1S/C16H25N3O2/c1-10(2)8-12(9-17)15(20)19-14-7-5-6-13(11(14)3)16(21)18-4/h5-7,10,12H,8-9,17H2,1-4H3,(H,18,21)(H,19,20). The minimum atomic E-state index is -0.215. The van der Waals surface area contributed by atoms with E-state index in [2.05, 4.69) is 24.5 Å². The summed E-state index contributed by atoms with van der Waals surface area (Å²) >= 11 is 0. The van der Waals surface area contributed by atoms with E-state index >= 15 is 0 Å². The van der Waals surface area contributed by atoms with Gasteiger partial charge in [0.1, 0.15) is 0 Å². The molecule has 116 valence electrons. The molecule has 5 nitrogen and oxygen atoms in total. The third kappa shape index (κ3) is 4.56. The molecule has 0 spiro atoms. The topological polar surface area (TPSA) is 84.2 Å². The van der Waals surface area contributed by atoms with Crippen LogP contribution in [0.2, 0.25) is 0 Å². The van der Waals surface area contributed by atoms with Gasteiger partial charge in [-0.05, 0) is 37.0 Å². The van der Waals surface area contributed by atoms with Gasteiger partial charge in [0.25, 0.3) is 5.91 Å². The molecule has 1 aromatic carbocycles. The molecule has 1 rings (SSSR count). The fourth-order valence-electron chi connectivity index (χ4n) is 2.27. The van der Waals surface area contributed by atoms with Crippen molar-refractivity contribution in [3.63, 3.8) is 0 Å². The first-order valence-corrected chi connectivity index (χ1v) is 7.23. The highest BCUT2D eigenvalue weighted by molar-refractivity contribution is 5.99. The van der Waals surface area contributed by atoms with Crippen molar-refractivity contribution in [2.75, 3.05) is 18.9 Å². The second kappa shape index (κ2) is 7.78. The van der Waals surface area contributed by atoms with Crippen molar-refractivity contribution in [3.8, 4) is 0 Å². The summed E-state index contributed by atoms with van der Waals surface area (Å²) in [4.78, 5) is 24.1. The Morgan fingerprint density at radius 3 is 2.48 bits per heavy atom. The lowest BCUT2D eigenvalue weighted by molar-refractivity contribution is -0.120. The predicted molar refractivity (Wildman–Crippen MR) is 85.2 cm³/mol. The van der Waals surface area contributed by atoms with Gasteiger partial charge in [-0.15, -0.1) is 0 Å². The molecule has 0 aromatic heterocycles. The van der Waals surface area contributed by atoms with E-state index in [1.54, 1.807) is 25.2 Å². The van der Waals surface area contributed by atoms with Gasteiger partial charge >= 0.3 is 0 Å². The van der Waals surface area contributed by atoms with Crippen molar-refractivity contribution in [1.29, 1.82) is 0 Å². The molecule has 4 N–H and O–H groups in total. The molecule has 0 saturated carbocycles. The molecule has 0 aliphatic rings. The van der Waals surface area contributed by atoms with E-state index in [1.165, 1.54) is 0 Å². The molecule has 0 radical (unpaired) electrons. The zero-order chi connectivity index (χ0) is 16.0. The molecule has 2 amide bonds. The summed E-state index contributed by atoms with van der Waals surface area (Å²) in [5, 5.41) is 5.48. The van der Waals surface area contributed by atoms with Crippen molar-refractivity contribution in [2.24, 2.45) is 17.6 Å². The van der Waals surface area contributed by atoms with Gasteiger partial charge in [0.05, 0.1) is 5.92 Å². The number of rotatable bonds is 6. The fourth-order valence-corrected chi connectivity index (χ4v) is 2.27. The van der Waals surface area contributed by atoms with E-state index < -0.39 is 0 Å². The van der Waals surface area contributed by atoms with Crippen LogP contribution >= 0.6 is 0 Å². The molecule has 0 aliphatic heterocycles. The van der Waals surface area contributed by atoms with Gasteiger partial charge in [-0.25, -0.2) is 0 Å². The first kappa shape index (κ1) is 17.2. The van der Waals surface area contributed by atoms with Crippen LogP contribution in [-0.4, -0.2) is 25.4 Å². The van der Waals surface area contributed by atoms with Crippen molar-refractivity contribution >= 4 is 17.5 Å². The molecule has 0 fully saturated rings. The van der Waals surface area contributed by atoms with Gasteiger partial charge in [-0.1, -0.05) is 19.9 Å². The van der Waals surface area contributed by atoms with Crippen LogP contribution in [0.1, 0.15) is 36.2 Å². The Morgan fingerprint density at radius 2 is 1.95 bits per heavy atom. The average Bonchev–Trinajstić information content (AvgIpc) is 2.45. The van der Waals surface area contributed by atoms with Gasteiger partial charge in [-0.3, -0.25) is 9.59 Å². The van der Waals surface area contributed by atoms with Gasteiger partial charge in [0.15, 0.2) is 0 Å². The number of nitrogens with one attached hydrogen (secondary N) is 2. The Hall–Kier alpha value is -1.88. The summed E-state index contributed by atoms with van der Waals surface area (Å²) in [5.41, 5.74) is 7.66. The van der Waals surface area contributed by atoms with Crippen LogP contribution in [0.15, 0.2) is 18.2 Å². The molecule has 0 aliphatic carbocycles. The zero-order valence-corrected chi connectivity index (χ0v) is 13.2. The summed E-state index contributed by atoms with van der Waals surface area (Å²) in [6, 6.07) is 5.29. The van der Waals surface area contributed by atoms with E-state index in [0.29, 0.717) is 23.7 Å². The molecular weight excluding hydrogens is 266 g/mol. The Kier molecular flexibility index (Phi) is 6.37. The maximum Gasteiger partial charge on any atom is 0.251 e. The minimum absolute atomic E-state index is 0.0941. The SMILES string of the molecule is CNC(=O)c1cccc(NC(=O)C(CN)CC(C)C)c1C. The number of carbonyl (C=O) groups excluding carboxylic acids is 2. The molecule has 0 saturated heterocycles. The van der Waals surface area contributed by atoms with Crippen LogP contribution in [0.5, 0.6) is 0 Å². The number of amides is 2. The van der Waals surface area contributed by atoms with E-state index in [0.717, 1.165) is 12.0 Å².